The number of rotatable bonds is 9. The Balaban J connectivity index is 3.47. The molecule has 194 valence electrons. The second-order valence-corrected chi connectivity index (χ2v) is 12.5. The molecule has 0 aliphatic rings. The first-order chi connectivity index (χ1) is 15.0. The molecule has 0 heterocycles. The summed E-state index contributed by atoms with van der Waals surface area (Å²) in [5.41, 5.74) is -2.77. The van der Waals surface area contributed by atoms with Gasteiger partial charge in [0.05, 0.1) is 5.56 Å². The molecular weight excluding hydrogens is 562 g/mol. The van der Waals surface area contributed by atoms with E-state index in [-0.39, 0.29) is 0 Å². The molecule has 12 nitrogen and oxygen atoms in total. The van der Waals surface area contributed by atoms with Crippen molar-refractivity contribution in [1.29, 1.82) is 0 Å². The van der Waals surface area contributed by atoms with E-state index in [9.17, 15) is 48.2 Å². The van der Waals surface area contributed by atoms with Gasteiger partial charge in [-0.3, -0.25) is 14.1 Å². The molecule has 1 amide bonds. The maximum atomic E-state index is 13.5. The van der Waals surface area contributed by atoms with E-state index < -0.39 is 86.8 Å². The maximum Gasteiger partial charge on any atom is 0.481 e. The first kappa shape index (κ1) is 30.0. The molecule has 0 aromatic heterocycles. The van der Waals surface area contributed by atoms with E-state index in [0.717, 1.165) is 0 Å². The third-order valence-electron chi connectivity index (χ3n) is 3.07. The van der Waals surface area contributed by atoms with E-state index >= 15 is 0 Å². The van der Waals surface area contributed by atoms with Gasteiger partial charge < -0.3 is 13.5 Å². The van der Waals surface area contributed by atoms with Crippen molar-refractivity contribution in [1.82, 2.24) is 4.72 Å². The normalized spacial score (nSPS) is 14.3. The second kappa shape index (κ2) is 9.93. The zero-order chi connectivity index (χ0) is 26.9. The van der Waals surface area contributed by atoms with Gasteiger partial charge in [-0.05, 0) is 39.0 Å². The van der Waals surface area contributed by atoms with Crippen molar-refractivity contribution in [3.8, 4) is 5.75 Å². The number of halogens is 4. The highest BCUT2D eigenvalue weighted by Crippen LogP contribution is 2.33. The quantitative estimate of drug-likeness (QED) is 0.0967. The predicted molar refractivity (Wildman–Crippen MR) is 108 cm³/mol. The van der Waals surface area contributed by atoms with Crippen LogP contribution in [-0.4, -0.2) is 56.8 Å². The van der Waals surface area contributed by atoms with Crippen LogP contribution in [0.5, 0.6) is 5.75 Å². The third kappa shape index (κ3) is 7.50. The van der Waals surface area contributed by atoms with E-state index in [1.54, 1.807) is 0 Å². The lowest BCUT2D eigenvalue weighted by Crippen LogP contribution is -2.37. The lowest BCUT2D eigenvalue weighted by atomic mass is 10.1. The number of alkyl halides is 4. The van der Waals surface area contributed by atoms with Gasteiger partial charge in [0.15, 0.2) is 0 Å². The van der Waals surface area contributed by atoms with Crippen LogP contribution < -0.4 is 8.91 Å². The van der Waals surface area contributed by atoms with Crippen LogP contribution >= 0.6 is 11.9 Å². The fourth-order valence-electron chi connectivity index (χ4n) is 1.71. The Kier molecular flexibility index (Phi) is 8.77. The van der Waals surface area contributed by atoms with Gasteiger partial charge in [-0.1, -0.05) is 0 Å². The Morgan fingerprint density at radius 1 is 1.03 bits per heavy atom. The van der Waals surface area contributed by atoms with Crippen molar-refractivity contribution in [2.75, 3.05) is 0 Å². The molecule has 0 fully saturated rings. The van der Waals surface area contributed by atoms with Gasteiger partial charge in [-0.2, -0.15) is 34.4 Å². The lowest BCUT2D eigenvalue weighted by Gasteiger charge is -2.20. The number of hydrogen-bond acceptors (Lipinski definition) is 10. The van der Waals surface area contributed by atoms with Crippen LogP contribution in [0.4, 0.5) is 17.6 Å². The van der Waals surface area contributed by atoms with Gasteiger partial charge in [0, 0.05) is 17.5 Å². The highest BCUT2D eigenvalue weighted by molar-refractivity contribution is 8.11. The molecular formula is C14H15F4NO11S4. The largest absolute Gasteiger partial charge is 0.481 e. The minimum Gasteiger partial charge on any atom is -0.456 e. The van der Waals surface area contributed by atoms with Crippen LogP contribution in [-0.2, 0) is 36.1 Å². The molecule has 0 aliphatic carbocycles. The Hall–Kier alpha value is -2.00. The van der Waals surface area contributed by atoms with Crippen molar-refractivity contribution < 1.29 is 66.2 Å². The molecule has 1 aromatic rings. The average Bonchev–Trinajstić information content (AvgIpc) is 2.62. The number of esters is 1. The summed E-state index contributed by atoms with van der Waals surface area (Å²) in [6, 6.07) is 1.46. The van der Waals surface area contributed by atoms with Gasteiger partial charge in [0.25, 0.3) is 5.91 Å². The zero-order valence-corrected chi connectivity index (χ0v) is 20.2. The minimum atomic E-state index is -6.19. The molecule has 0 aliphatic heterocycles. The lowest BCUT2D eigenvalue weighted by molar-refractivity contribution is 0.00690. The standard InChI is InChI=1S/C14H15F4NO11S4/c1-12(2,3)29-11(21)8-4-7(10(20)19-31-13(15,16)33(24,25)26)5-9(6-8)30-34(27,28)14(17,18)32(22)23/h4-6H,1-3H3,(H,19,20)(H,22,23)(H,24,25,26). The molecule has 1 rings (SSSR count). The van der Waals surface area contributed by atoms with Gasteiger partial charge in [0.1, 0.15) is 11.4 Å². The van der Waals surface area contributed by atoms with E-state index in [4.69, 9.17) is 13.8 Å². The number of ether oxygens (including phenoxy) is 1. The van der Waals surface area contributed by atoms with E-state index in [2.05, 4.69) is 4.18 Å². The summed E-state index contributed by atoms with van der Waals surface area (Å²) in [6.45, 7) is 4.19. The monoisotopic (exact) mass is 577 g/mol. The van der Waals surface area contributed by atoms with Crippen molar-refractivity contribution in [3.63, 3.8) is 0 Å². The summed E-state index contributed by atoms with van der Waals surface area (Å²) in [5.74, 6) is -4.10. The topological polar surface area (TPSA) is 190 Å². The molecule has 20 heteroatoms. The number of carbonyl (C=O) groups excluding carboxylic acids is 2. The predicted octanol–water partition coefficient (Wildman–Crippen LogP) is 1.94. The number of benzene rings is 1. The summed E-state index contributed by atoms with van der Waals surface area (Å²) < 4.78 is 126. The first-order valence-corrected chi connectivity index (χ1v) is 12.9. The maximum absolute atomic E-state index is 13.5. The highest BCUT2D eigenvalue weighted by Gasteiger charge is 2.54. The fraction of sp³-hybridized carbons (Fsp3) is 0.429. The fourth-order valence-corrected chi connectivity index (χ4v) is 3.84. The van der Waals surface area contributed by atoms with Crippen LogP contribution in [0.25, 0.3) is 0 Å². The molecule has 0 saturated heterocycles. The first-order valence-electron chi connectivity index (χ1n) is 8.14. The molecule has 0 saturated carbocycles. The van der Waals surface area contributed by atoms with Gasteiger partial charge in [0.2, 0.25) is 11.1 Å². The molecule has 0 bridgehead atoms. The third-order valence-corrected chi connectivity index (χ3v) is 7.51. The molecule has 1 atom stereocenters. The van der Waals surface area contributed by atoms with Crippen LogP contribution in [0.15, 0.2) is 18.2 Å². The van der Waals surface area contributed by atoms with Crippen molar-refractivity contribution in [3.05, 3.63) is 29.3 Å². The Labute approximate surface area is 196 Å². The van der Waals surface area contributed by atoms with Gasteiger partial charge in [-0.25, -0.2) is 9.00 Å². The van der Waals surface area contributed by atoms with Crippen molar-refractivity contribution in [2.45, 2.75) is 35.5 Å². The molecule has 0 radical (unpaired) electrons. The van der Waals surface area contributed by atoms with Crippen molar-refractivity contribution >= 4 is 55.1 Å². The van der Waals surface area contributed by atoms with Crippen molar-refractivity contribution in [2.24, 2.45) is 0 Å². The van der Waals surface area contributed by atoms with E-state index in [1.807, 2.05) is 0 Å². The molecule has 0 spiro atoms. The minimum absolute atomic E-state index is 0.350. The summed E-state index contributed by atoms with van der Waals surface area (Å²) in [4.78, 5) is 24.4. The van der Waals surface area contributed by atoms with Crippen LogP contribution in [0, 0.1) is 0 Å². The second-order valence-electron chi connectivity index (χ2n) is 6.97. The average molecular weight is 578 g/mol. The van der Waals surface area contributed by atoms with Gasteiger partial charge in [-0.15, -0.1) is 0 Å². The SMILES string of the molecule is CC(C)(C)OC(=O)c1cc(OS(=O)(=O)C(F)(F)S(=O)O)cc(C(=O)NSC(F)(F)S(=O)(=O)O)c1. The Morgan fingerprint density at radius 2 is 1.53 bits per heavy atom. The zero-order valence-electron chi connectivity index (χ0n) is 16.9. The molecule has 1 unspecified atom stereocenters. The molecule has 34 heavy (non-hydrogen) atoms. The summed E-state index contributed by atoms with van der Waals surface area (Å²) in [6.07, 6.45) is 0. The Bertz CT molecular complexity index is 1210. The number of amides is 1. The number of nitrogens with one attached hydrogen (secondary N) is 1. The summed E-state index contributed by atoms with van der Waals surface area (Å²) in [5, 5.41) is 0. The van der Waals surface area contributed by atoms with Gasteiger partial charge >= 0.3 is 35.4 Å². The Morgan fingerprint density at radius 3 is 1.97 bits per heavy atom. The molecule has 3 N–H and O–H groups in total. The number of hydrogen-bond donors (Lipinski definition) is 3. The highest BCUT2D eigenvalue weighted by atomic mass is 32.3. The summed E-state index contributed by atoms with van der Waals surface area (Å²) >= 11 is -5.37. The summed E-state index contributed by atoms with van der Waals surface area (Å²) in [7, 11) is -12.2. The molecule has 1 aromatic carbocycles. The van der Waals surface area contributed by atoms with Crippen LogP contribution in [0.1, 0.15) is 41.5 Å². The van der Waals surface area contributed by atoms with Crippen LogP contribution in [0.2, 0.25) is 0 Å². The van der Waals surface area contributed by atoms with E-state index in [1.165, 1.54) is 25.5 Å². The number of carbonyl (C=O) groups is 2. The smallest absolute Gasteiger partial charge is 0.456 e. The van der Waals surface area contributed by atoms with Crippen LogP contribution in [0.3, 0.4) is 0 Å². The van der Waals surface area contributed by atoms with E-state index in [0.29, 0.717) is 18.2 Å².